The molecule has 34 heavy (non-hydrogen) atoms. The molecule has 0 saturated heterocycles. The number of amides is 1. The van der Waals surface area contributed by atoms with E-state index in [1.54, 1.807) is 12.1 Å². The van der Waals surface area contributed by atoms with Crippen molar-refractivity contribution >= 4 is 27.9 Å². The van der Waals surface area contributed by atoms with Crippen LogP contribution in [0.2, 0.25) is 0 Å². The fraction of sp³-hybridized carbons (Fsp3) is 0.348. The lowest BCUT2D eigenvalue weighted by Crippen LogP contribution is -2.41. The van der Waals surface area contributed by atoms with Gasteiger partial charge in [-0.15, -0.1) is 4.83 Å². The van der Waals surface area contributed by atoms with Crippen LogP contribution in [0.4, 0.5) is 0 Å². The van der Waals surface area contributed by atoms with Crippen LogP contribution in [0.3, 0.4) is 0 Å². The van der Waals surface area contributed by atoms with E-state index in [0.717, 1.165) is 58.1 Å². The monoisotopic (exact) mass is 492 g/mol. The molecule has 0 aliphatic carbocycles. The van der Waals surface area contributed by atoms with Crippen molar-refractivity contribution < 1.29 is 37.0 Å². The van der Waals surface area contributed by atoms with E-state index in [-0.39, 0.29) is 16.7 Å². The molecule has 0 unspecified atom stereocenters. The molecule has 2 N–H and O–H groups in total. The third kappa shape index (κ3) is 7.56. The first kappa shape index (κ1) is 26.8. The van der Waals surface area contributed by atoms with Gasteiger partial charge in [-0.05, 0) is 48.9 Å². The third-order valence-electron chi connectivity index (χ3n) is 4.74. The van der Waals surface area contributed by atoms with Crippen molar-refractivity contribution in [2.75, 3.05) is 20.8 Å². The van der Waals surface area contributed by atoms with E-state index >= 15 is 0 Å². The normalized spacial score (nSPS) is 10.9. The number of methoxy groups -OCH3 is 2. The van der Waals surface area contributed by atoms with Gasteiger partial charge in [-0.3, -0.25) is 10.2 Å². The van der Waals surface area contributed by atoms with Crippen molar-refractivity contribution in [3.63, 3.8) is 0 Å². The first-order valence-corrected chi connectivity index (χ1v) is 12.1. The summed E-state index contributed by atoms with van der Waals surface area (Å²) in [6.07, 6.45) is 4.31. The highest BCUT2D eigenvalue weighted by Gasteiger charge is 2.22. The van der Waals surface area contributed by atoms with Crippen LogP contribution in [-0.4, -0.2) is 47.1 Å². The Bertz CT molecular complexity index is 1080. The molecule has 0 radical (unpaired) electrons. The standard InChI is InChI=1S/C23H28N2O8S/c1-4-5-6-7-12-33-19-10-8-16(9-11-19)21(26)24-25-34(29,30)20-14-17(22(27)31-2)13-18(15-20)23(28)32-3/h8-11,13-15,25H,4-7,12H2,1-3H3,(H,24,26). The minimum absolute atomic E-state index is 0.178. The van der Waals surface area contributed by atoms with Crippen LogP contribution < -0.4 is 15.0 Å². The third-order valence-corrected chi connectivity index (χ3v) is 5.97. The highest BCUT2D eigenvalue weighted by Crippen LogP contribution is 2.17. The SMILES string of the molecule is CCCCCCOc1ccc(C(=O)NNS(=O)(=O)c2cc(C(=O)OC)cc(C(=O)OC)c2)cc1. The molecule has 11 heteroatoms. The van der Waals surface area contributed by atoms with Gasteiger partial charge in [0, 0.05) is 5.56 Å². The van der Waals surface area contributed by atoms with Gasteiger partial charge in [0.05, 0.1) is 36.8 Å². The van der Waals surface area contributed by atoms with Gasteiger partial charge >= 0.3 is 11.9 Å². The lowest BCUT2D eigenvalue weighted by molar-refractivity contribution is 0.0598. The van der Waals surface area contributed by atoms with Crippen LogP contribution in [0.15, 0.2) is 47.4 Å². The summed E-state index contributed by atoms with van der Waals surface area (Å²) in [4.78, 5) is 37.6. The quantitative estimate of drug-likeness (QED) is 0.262. The van der Waals surface area contributed by atoms with Crippen LogP contribution in [0.1, 0.15) is 63.7 Å². The Hall–Kier alpha value is -3.44. The average molecular weight is 493 g/mol. The maximum absolute atomic E-state index is 12.7. The Morgan fingerprint density at radius 2 is 1.41 bits per heavy atom. The molecule has 0 spiro atoms. The van der Waals surface area contributed by atoms with E-state index in [4.69, 9.17) is 4.74 Å². The predicted octanol–water partition coefficient (Wildman–Crippen LogP) is 2.84. The molecular formula is C23H28N2O8S. The van der Waals surface area contributed by atoms with Gasteiger partial charge in [0.15, 0.2) is 0 Å². The summed E-state index contributed by atoms with van der Waals surface area (Å²) in [5.41, 5.74) is 1.94. The molecule has 1 amide bonds. The van der Waals surface area contributed by atoms with Gasteiger partial charge < -0.3 is 14.2 Å². The molecule has 0 fully saturated rings. The molecule has 0 heterocycles. The average Bonchev–Trinajstić information content (AvgIpc) is 2.86. The highest BCUT2D eigenvalue weighted by molar-refractivity contribution is 7.89. The topological polar surface area (TPSA) is 137 Å². The van der Waals surface area contributed by atoms with Gasteiger partial charge in [0.1, 0.15) is 5.75 Å². The fourth-order valence-electron chi connectivity index (χ4n) is 2.89. The molecule has 0 atom stereocenters. The summed E-state index contributed by atoms with van der Waals surface area (Å²) in [7, 11) is -2.11. The summed E-state index contributed by atoms with van der Waals surface area (Å²) in [6, 6.07) is 9.40. The number of ether oxygens (including phenoxy) is 3. The number of benzene rings is 2. The lowest BCUT2D eigenvalue weighted by Gasteiger charge is -2.11. The lowest BCUT2D eigenvalue weighted by atomic mass is 10.1. The van der Waals surface area contributed by atoms with E-state index in [1.807, 2.05) is 4.83 Å². The number of hydrogen-bond donors (Lipinski definition) is 2. The summed E-state index contributed by atoms with van der Waals surface area (Å²) in [5.74, 6) is -1.81. The number of nitrogens with one attached hydrogen (secondary N) is 2. The van der Waals surface area contributed by atoms with Crippen molar-refractivity contribution in [1.29, 1.82) is 0 Å². The second-order valence-corrected chi connectivity index (χ2v) is 8.90. The van der Waals surface area contributed by atoms with E-state index in [2.05, 4.69) is 21.8 Å². The molecule has 2 rings (SSSR count). The van der Waals surface area contributed by atoms with E-state index in [1.165, 1.54) is 12.1 Å². The summed E-state index contributed by atoms with van der Waals surface area (Å²) >= 11 is 0. The Morgan fingerprint density at radius 1 is 0.824 bits per heavy atom. The van der Waals surface area contributed by atoms with Crippen molar-refractivity contribution in [2.45, 2.75) is 37.5 Å². The van der Waals surface area contributed by atoms with E-state index < -0.39 is 32.8 Å². The van der Waals surface area contributed by atoms with Gasteiger partial charge in [-0.25, -0.2) is 18.0 Å². The van der Waals surface area contributed by atoms with Crippen molar-refractivity contribution in [1.82, 2.24) is 10.3 Å². The van der Waals surface area contributed by atoms with Crippen LogP contribution in [-0.2, 0) is 19.5 Å². The summed E-state index contributed by atoms with van der Waals surface area (Å²) < 4.78 is 40.2. The number of hydrogen-bond acceptors (Lipinski definition) is 8. The zero-order chi connectivity index (χ0) is 25.1. The van der Waals surface area contributed by atoms with Crippen LogP contribution >= 0.6 is 0 Å². The maximum atomic E-state index is 12.7. The van der Waals surface area contributed by atoms with Gasteiger partial charge in [0.2, 0.25) is 0 Å². The Labute approximate surface area is 198 Å². The largest absolute Gasteiger partial charge is 0.494 e. The summed E-state index contributed by atoms with van der Waals surface area (Å²) in [6.45, 7) is 2.70. The van der Waals surface area contributed by atoms with Crippen LogP contribution in [0.5, 0.6) is 5.75 Å². The van der Waals surface area contributed by atoms with Gasteiger partial charge in [0.25, 0.3) is 15.9 Å². The number of rotatable bonds is 12. The molecular weight excluding hydrogens is 464 g/mol. The van der Waals surface area contributed by atoms with Crippen molar-refractivity contribution in [3.8, 4) is 5.75 Å². The first-order chi connectivity index (χ1) is 16.2. The zero-order valence-electron chi connectivity index (χ0n) is 19.3. The molecule has 2 aromatic carbocycles. The molecule has 0 aliphatic heterocycles. The van der Waals surface area contributed by atoms with Crippen molar-refractivity contribution in [3.05, 3.63) is 59.2 Å². The van der Waals surface area contributed by atoms with Crippen LogP contribution in [0, 0.1) is 0 Å². The smallest absolute Gasteiger partial charge is 0.337 e. The van der Waals surface area contributed by atoms with Gasteiger partial charge in [-0.2, -0.15) is 0 Å². The number of esters is 2. The number of hydrazine groups is 1. The van der Waals surface area contributed by atoms with Crippen LogP contribution in [0.25, 0.3) is 0 Å². The summed E-state index contributed by atoms with van der Waals surface area (Å²) in [5, 5.41) is 0. The molecule has 10 nitrogen and oxygen atoms in total. The Balaban J connectivity index is 2.07. The number of sulfonamides is 1. The maximum Gasteiger partial charge on any atom is 0.337 e. The minimum atomic E-state index is -4.34. The fourth-order valence-corrected chi connectivity index (χ4v) is 3.80. The second kappa shape index (κ2) is 12.7. The molecule has 2 aromatic rings. The minimum Gasteiger partial charge on any atom is -0.494 e. The van der Waals surface area contributed by atoms with Crippen molar-refractivity contribution in [2.24, 2.45) is 0 Å². The molecule has 0 aliphatic rings. The number of unbranched alkanes of at least 4 members (excludes halogenated alkanes) is 3. The molecule has 184 valence electrons. The predicted molar refractivity (Wildman–Crippen MR) is 123 cm³/mol. The second-order valence-electron chi connectivity index (χ2n) is 7.22. The molecule has 0 saturated carbocycles. The van der Waals surface area contributed by atoms with E-state index in [0.29, 0.717) is 12.4 Å². The number of carbonyl (C=O) groups is 3. The van der Waals surface area contributed by atoms with Gasteiger partial charge in [-0.1, -0.05) is 26.2 Å². The Morgan fingerprint density at radius 3 is 1.94 bits per heavy atom. The molecule has 0 aromatic heterocycles. The number of carbonyl (C=O) groups excluding carboxylic acids is 3. The highest BCUT2D eigenvalue weighted by atomic mass is 32.2. The first-order valence-electron chi connectivity index (χ1n) is 10.6. The zero-order valence-corrected chi connectivity index (χ0v) is 20.1. The van der Waals surface area contributed by atoms with E-state index in [9.17, 15) is 22.8 Å². The molecule has 0 bridgehead atoms. The Kier molecular flexibility index (Phi) is 10.0.